The van der Waals surface area contributed by atoms with Crippen LogP contribution in [0.2, 0.25) is 0 Å². The third-order valence-corrected chi connectivity index (χ3v) is 4.70. The van der Waals surface area contributed by atoms with Crippen molar-refractivity contribution in [2.45, 2.75) is 25.4 Å². The van der Waals surface area contributed by atoms with E-state index in [-0.39, 0.29) is 43.1 Å². The lowest BCUT2D eigenvalue weighted by atomic mass is 10.1. The molecule has 0 spiro atoms. The Balaban J connectivity index is 1.94. The number of carboxylic acids is 1. The van der Waals surface area contributed by atoms with Crippen LogP contribution in [0.15, 0.2) is 18.2 Å². The summed E-state index contributed by atoms with van der Waals surface area (Å²) in [4.78, 5) is 38.0. The minimum atomic E-state index is -4.66. The third kappa shape index (κ3) is 3.51. The molecule has 1 aromatic carbocycles. The molecule has 2 fully saturated rings. The quantitative estimate of drug-likeness (QED) is 0.886. The van der Waals surface area contributed by atoms with Crippen LogP contribution in [-0.2, 0) is 15.8 Å². The second-order valence-corrected chi connectivity index (χ2v) is 6.49. The van der Waals surface area contributed by atoms with Gasteiger partial charge in [0.15, 0.2) is 0 Å². The minimum absolute atomic E-state index is 0.0393. The molecule has 2 aliphatic heterocycles. The van der Waals surface area contributed by atoms with Crippen LogP contribution < -0.4 is 4.90 Å². The third-order valence-electron chi connectivity index (χ3n) is 4.70. The monoisotopic (exact) mass is 370 g/mol. The number of amides is 2. The van der Waals surface area contributed by atoms with Gasteiger partial charge < -0.3 is 14.9 Å². The van der Waals surface area contributed by atoms with Crippen molar-refractivity contribution in [3.05, 3.63) is 29.3 Å². The van der Waals surface area contributed by atoms with Crippen molar-refractivity contribution in [3.63, 3.8) is 0 Å². The van der Waals surface area contributed by atoms with E-state index in [1.165, 1.54) is 15.9 Å². The molecule has 1 N–H and O–H groups in total. The molecule has 0 aromatic heterocycles. The average molecular weight is 370 g/mol. The molecule has 1 aromatic rings. The van der Waals surface area contributed by atoms with Gasteiger partial charge in [-0.05, 0) is 31.0 Å². The van der Waals surface area contributed by atoms with Crippen LogP contribution in [0.5, 0.6) is 0 Å². The largest absolute Gasteiger partial charge is 0.481 e. The van der Waals surface area contributed by atoms with Gasteiger partial charge in [0.2, 0.25) is 5.91 Å². The predicted molar refractivity (Wildman–Crippen MR) is 84.7 cm³/mol. The molecule has 0 radical (unpaired) electrons. The number of alkyl halides is 3. The van der Waals surface area contributed by atoms with Crippen LogP contribution in [0.3, 0.4) is 0 Å². The Morgan fingerprint density at radius 2 is 1.88 bits per heavy atom. The zero-order valence-electron chi connectivity index (χ0n) is 13.8. The highest BCUT2D eigenvalue weighted by atomic mass is 19.4. The second kappa shape index (κ2) is 6.62. The minimum Gasteiger partial charge on any atom is -0.481 e. The van der Waals surface area contributed by atoms with Crippen LogP contribution in [0, 0.1) is 5.92 Å². The van der Waals surface area contributed by atoms with Crippen LogP contribution >= 0.6 is 0 Å². The first-order valence-corrected chi connectivity index (χ1v) is 8.21. The maximum Gasteiger partial charge on any atom is 0.416 e. The van der Waals surface area contributed by atoms with Gasteiger partial charge in [-0.3, -0.25) is 14.4 Å². The van der Waals surface area contributed by atoms with Gasteiger partial charge in [-0.2, -0.15) is 13.2 Å². The van der Waals surface area contributed by atoms with Gasteiger partial charge >= 0.3 is 12.1 Å². The molecule has 2 amide bonds. The summed E-state index contributed by atoms with van der Waals surface area (Å²) in [6, 6.07) is 2.89. The predicted octanol–water partition coefficient (Wildman–Crippen LogP) is 2.38. The number of carboxylic acid groups (broad SMARTS) is 1. The van der Waals surface area contributed by atoms with E-state index in [9.17, 15) is 27.6 Å². The smallest absolute Gasteiger partial charge is 0.416 e. The van der Waals surface area contributed by atoms with Gasteiger partial charge in [0.25, 0.3) is 5.91 Å². The van der Waals surface area contributed by atoms with Crippen LogP contribution in [0.1, 0.15) is 35.2 Å². The Labute approximate surface area is 147 Å². The zero-order valence-corrected chi connectivity index (χ0v) is 13.8. The SMILES string of the molecule is O=C(O)C1CCN(C(=O)c2cc(N3CCCC3=O)cc(C(F)(F)F)c2)C1. The highest BCUT2D eigenvalue weighted by Gasteiger charge is 2.36. The highest BCUT2D eigenvalue weighted by Crippen LogP contribution is 2.34. The van der Waals surface area contributed by atoms with Gasteiger partial charge in [0.1, 0.15) is 0 Å². The molecule has 9 heteroatoms. The maximum atomic E-state index is 13.2. The van der Waals surface area contributed by atoms with E-state index >= 15 is 0 Å². The summed E-state index contributed by atoms with van der Waals surface area (Å²) in [7, 11) is 0. The van der Waals surface area contributed by atoms with Crippen molar-refractivity contribution < 1.29 is 32.7 Å². The molecular weight excluding hydrogens is 353 g/mol. The van der Waals surface area contributed by atoms with E-state index in [0.717, 1.165) is 12.1 Å². The number of halogens is 3. The number of carbonyl (C=O) groups excluding carboxylic acids is 2. The Bertz CT molecular complexity index is 763. The van der Waals surface area contributed by atoms with Crippen molar-refractivity contribution in [2.75, 3.05) is 24.5 Å². The summed E-state index contributed by atoms with van der Waals surface area (Å²) in [5.41, 5.74) is -1.16. The van der Waals surface area contributed by atoms with Gasteiger partial charge in [-0.15, -0.1) is 0 Å². The number of rotatable bonds is 3. The topological polar surface area (TPSA) is 77.9 Å². The Morgan fingerprint density at radius 1 is 1.15 bits per heavy atom. The zero-order chi connectivity index (χ0) is 19.1. The summed E-state index contributed by atoms with van der Waals surface area (Å²) in [6.07, 6.45) is -3.60. The van der Waals surface area contributed by atoms with Crippen LogP contribution in [0.4, 0.5) is 18.9 Å². The number of aliphatic carboxylic acids is 1. The number of likely N-dealkylation sites (tertiary alicyclic amines) is 1. The Kier molecular flexibility index (Phi) is 4.64. The molecule has 1 atom stereocenters. The van der Waals surface area contributed by atoms with Crippen LogP contribution in [-0.4, -0.2) is 47.4 Å². The molecule has 2 heterocycles. The van der Waals surface area contributed by atoms with Gasteiger partial charge in [0, 0.05) is 37.3 Å². The van der Waals surface area contributed by atoms with Gasteiger partial charge in [-0.1, -0.05) is 0 Å². The summed E-state index contributed by atoms with van der Waals surface area (Å²) in [5, 5.41) is 9.02. The summed E-state index contributed by atoms with van der Waals surface area (Å²) >= 11 is 0. The maximum absolute atomic E-state index is 13.2. The number of nitrogens with zero attached hydrogens (tertiary/aromatic N) is 2. The van der Waals surface area contributed by atoms with Gasteiger partial charge in [-0.25, -0.2) is 0 Å². The first-order valence-electron chi connectivity index (χ1n) is 8.21. The molecule has 0 aliphatic carbocycles. The number of benzene rings is 1. The second-order valence-electron chi connectivity index (χ2n) is 6.49. The van der Waals surface area contributed by atoms with Gasteiger partial charge in [0.05, 0.1) is 11.5 Å². The first-order chi connectivity index (χ1) is 12.2. The molecule has 2 aliphatic rings. The molecule has 0 saturated carbocycles. The molecule has 140 valence electrons. The molecule has 1 unspecified atom stereocenters. The molecular formula is C17H17F3N2O4. The number of anilines is 1. The van der Waals surface area contributed by atoms with Crippen molar-refractivity contribution in [3.8, 4) is 0 Å². The first kappa shape index (κ1) is 18.2. The lowest BCUT2D eigenvalue weighted by molar-refractivity contribution is -0.141. The van der Waals surface area contributed by atoms with Crippen molar-refractivity contribution in [1.29, 1.82) is 0 Å². The summed E-state index contributed by atoms with van der Waals surface area (Å²) in [5.74, 6) is -2.69. The lowest BCUT2D eigenvalue weighted by Gasteiger charge is -2.21. The normalized spacial score (nSPS) is 20.7. The standard InChI is InChI=1S/C17H17F3N2O4/c18-17(19,20)12-6-11(7-13(8-12)22-4-1-2-14(22)23)15(24)21-5-3-10(9-21)16(25)26/h6-8,10H,1-5,9H2,(H,25,26). The molecule has 3 rings (SSSR count). The van der Waals surface area contributed by atoms with E-state index in [4.69, 9.17) is 5.11 Å². The average Bonchev–Trinajstić information content (AvgIpc) is 3.22. The van der Waals surface area contributed by atoms with Crippen molar-refractivity contribution in [2.24, 2.45) is 5.92 Å². The molecule has 6 nitrogen and oxygen atoms in total. The van der Waals surface area contributed by atoms with E-state index < -0.39 is 29.5 Å². The van der Waals surface area contributed by atoms with E-state index in [2.05, 4.69) is 0 Å². The van der Waals surface area contributed by atoms with Crippen molar-refractivity contribution in [1.82, 2.24) is 4.90 Å². The van der Waals surface area contributed by atoms with Crippen molar-refractivity contribution >= 4 is 23.5 Å². The highest BCUT2D eigenvalue weighted by molar-refractivity contribution is 5.99. The van der Waals surface area contributed by atoms with E-state index in [1.54, 1.807) is 0 Å². The Hall–Kier alpha value is -2.58. The summed E-state index contributed by atoms with van der Waals surface area (Å²) in [6.45, 7) is 0.436. The van der Waals surface area contributed by atoms with E-state index in [1.807, 2.05) is 0 Å². The fourth-order valence-corrected chi connectivity index (χ4v) is 3.30. The molecule has 2 saturated heterocycles. The van der Waals surface area contributed by atoms with E-state index in [0.29, 0.717) is 13.0 Å². The summed E-state index contributed by atoms with van der Waals surface area (Å²) < 4.78 is 39.7. The fraction of sp³-hybridized carbons (Fsp3) is 0.471. The number of hydrogen-bond acceptors (Lipinski definition) is 3. The Morgan fingerprint density at radius 3 is 2.42 bits per heavy atom. The fourth-order valence-electron chi connectivity index (χ4n) is 3.30. The molecule has 0 bridgehead atoms. The molecule has 26 heavy (non-hydrogen) atoms. The number of hydrogen-bond donors (Lipinski definition) is 1. The van der Waals surface area contributed by atoms with Crippen LogP contribution in [0.25, 0.3) is 0 Å². The lowest BCUT2D eigenvalue weighted by Crippen LogP contribution is -2.31. The number of carbonyl (C=O) groups is 3.